The van der Waals surface area contributed by atoms with Gasteiger partial charge in [0.05, 0.1) is 0 Å². The molecule has 2 rings (SSSR count). The number of nitrogens with zero attached hydrogens (tertiary/aromatic N) is 4. The van der Waals surface area contributed by atoms with E-state index in [2.05, 4.69) is 16.5 Å². The van der Waals surface area contributed by atoms with Gasteiger partial charge in [0.2, 0.25) is 0 Å². The van der Waals surface area contributed by atoms with Crippen LogP contribution in [0.5, 0.6) is 0 Å². The Morgan fingerprint density at radius 1 is 1.38 bits per heavy atom. The topological polar surface area (TPSA) is 31.2 Å². The van der Waals surface area contributed by atoms with Gasteiger partial charge < -0.3 is 7.43 Å². The number of benzene rings is 1. The summed E-state index contributed by atoms with van der Waals surface area (Å²) in [5, 5.41) is 10.2. The van der Waals surface area contributed by atoms with Crippen LogP contribution >= 0.6 is 0 Å². The van der Waals surface area contributed by atoms with Crippen molar-refractivity contribution in [2.75, 3.05) is 18.7 Å². The molecule has 4 nitrogen and oxygen atoms in total. The summed E-state index contributed by atoms with van der Waals surface area (Å²) in [5.74, 6) is -1.35. The van der Waals surface area contributed by atoms with Crippen LogP contribution in [0.1, 0.15) is 0 Å². The normalized spacial score (nSPS) is 13.4. The third-order valence-corrected chi connectivity index (χ3v) is 1.74. The molecule has 89 valence electrons. The summed E-state index contributed by atoms with van der Waals surface area (Å²) in [6, 6.07) is 4.32. The third-order valence-electron chi connectivity index (χ3n) is 1.74. The molecule has 0 unspecified atom stereocenters. The number of halogens is 2. The van der Waals surface area contributed by atoms with Gasteiger partial charge in [0, 0.05) is 18.7 Å². The fraction of sp³-hybridized carbons (Fsp3) is 0.222. The van der Waals surface area contributed by atoms with Crippen LogP contribution in [0.25, 0.3) is 0 Å². The van der Waals surface area contributed by atoms with Gasteiger partial charge in [-0.3, -0.25) is 13.8 Å². The van der Waals surface area contributed by atoms with Crippen molar-refractivity contribution in [1.29, 1.82) is 0 Å². The van der Waals surface area contributed by atoms with Crippen LogP contribution in [0.4, 0.5) is 14.5 Å². The summed E-state index contributed by atoms with van der Waals surface area (Å²) in [7, 11) is 1.70. The van der Waals surface area contributed by atoms with Crippen LogP contribution in [0.2, 0.25) is 0 Å². The number of rotatable bonds is 1. The van der Waals surface area contributed by atoms with Crippen LogP contribution < -0.4 is 5.01 Å². The van der Waals surface area contributed by atoms with Crippen molar-refractivity contribution in [1.82, 2.24) is 5.01 Å². The minimum absolute atomic E-state index is 0. The van der Waals surface area contributed by atoms with E-state index in [1.54, 1.807) is 7.05 Å². The molecule has 0 spiro atoms. The van der Waals surface area contributed by atoms with E-state index in [9.17, 15) is 8.78 Å². The first kappa shape index (κ1) is 14.9. The van der Waals surface area contributed by atoms with Gasteiger partial charge in [0.15, 0.2) is 0 Å². The van der Waals surface area contributed by atoms with Gasteiger partial charge in [-0.1, -0.05) is 5.22 Å². The summed E-state index contributed by atoms with van der Waals surface area (Å²) in [6.07, 6.45) is 0. The van der Waals surface area contributed by atoms with E-state index in [4.69, 9.17) is 0 Å². The zero-order chi connectivity index (χ0) is 10.1. The monoisotopic (exact) mass is 315 g/mol. The Morgan fingerprint density at radius 2 is 2.06 bits per heavy atom. The van der Waals surface area contributed by atoms with Crippen LogP contribution in [0.15, 0.2) is 22.6 Å². The second-order valence-electron chi connectivity index (χ2n) is 2.89. The van der Waals surface area contributed by atoms with Gasteiger partial charge in [-0.15, -0.1) is 12.1 Å². The molecular formula is C9H10F2N4Rh. The van der Waals surface area contributed by atoms with Crippen molar-refractivity contribution in [3.8, 4) is 0 Å². The quantitative estimate of drug-likeness (QED) is 0.588. The summed E-state index contributed by atoms with van der Waals surface area (Å²) in [6.45, 7) is 0.332. The summed E-state index contributed by atoms with van der Waals surface area (Å²) < 4.78 is 25.8. The average Bonchev–Trinajstić information content (AvgIpc) is 2.51. The van der Waals surface area contributed by atoms with Crippen molar-refractivity contribution in [3.05, 3.63) is 37.3 Å². The molecule has 0 amide bonds. The number of hydrogen-bond acceptors (Lipinski definition) is 4. The fourth-order valence-electron chi connectivity index (χ4n) is 1.12. The van der Waals surface area contributed by atoms with E-state index in [1.807, 2.05) is 0 Å². The molecule has 1 heterocycles. The first-order chi connectivity index (χ1) is 6.66. The molecule has 0 saturated carbocycles. The predicted molar refractivity (Wildman–Crippen MR) is 51.6 cm³/mol. The molecule has 0 fully saturated rings. The van der Waals surface area contributed by atoms with Gasteiger partial charge >= 0.3 is 19.5 Å². The smallest absolute Gasteiger partial charge is 0.358 e. The summed E-state index contributed by atoms with van der Waals surface area (Å²) in [5.41, 5.74) is 0.0968. The molecule has 0 bridgehead atoms. The van der Waals surface area contributed by atoms with Gasteiger partial charge in [-0.25, -0.2) is 5.01 Å². The van der Waals surface area contributed by atoms with Crippen molar-refractivity contribution in [2.45, 2.75) is 0 Å². The van der Waals surface area contributed by atoms with E-state index >= 15 is 0 Å². The minimum Gasteiger partial charge on any atom is -0.358 e. The Labute approximate surface area is 106 Å². The van der Waals surface area contributed by atoms with E-state index in [-0.39, 0.29) is 32.6 Å². The molecule has 7 heteroatoms. The van der Waals surface area contributed by atoms with E-state index < -0.39 is 11.6 Å². The molecular weight excluding hydrogens is 305 g/mol. The molecule has 0 N–H and O–H groups in total. The zero-order valence-electron chi connectivity index (χ0n) is 8.74. The standard InChI is InChI=1S/C8H7F2N4.CH3.Rh/c1-13-5-14(12-11-13)8-3-2-6(9)4-7(8)10;;/h2,4H,5H2,1H3;1H3;/q2*-1;+2. The van der Waals surface area contributed by atoms with Gasteiger partial charge in [-0.2, -0.15) is 6.07 Å². The SMILES string of the molecule is CN1CN(c2[c-]cc(F)cc2F)N=N1.[CH3-].[Rh+2]. The summed E-state index contributed by atoms with van der Waals surface area (Å²) in [4.78, 5) is 0. The van der Waals surface area contributed by atoms with Crippen molar-refractivity contribution < 1.29 is 28.3 Å². The number of hydrogen-bond donors (Lipinski definition) is 0. The van der Waals surface area contributed by atoms with E-state index in [0.717, 1.165) is 12.1 Å². The Morgan fingerprint density at radius 3 is 2.56 bits per heavy atom. The maximum absolute atomic E-state index is 13.2. The van der Waals surface area contributed by atoms with Gasteiger partial charge in [0.1, 0.15) is 6.67 Å². The van der Waals surface area contributed by atoms with Gasteiger partial charge in [0.25, 0.3) is 0 Å². The zero-order valence-corrected chi connectivity index (χ0v) is 10.4. The predicted octanol–water partition coefficient (Wildman–Crippen LogP) is 2.20. The van der Waals surface area contributed by atoms with Gasteiger partial charge in [-0.05, 0) is 10.9 Å². The first-order valence-electron chi connectivity index (χ1n) is 3.94. The van der Waals surface area contributed by atoms with Crippen LogP contribution in [-0.2, 0) is 19.5 Å². The molecule has 1 aromatic carbocycles. The molecule has 0 saturated heterocycles. The molecule has 16 heavy (non-hydrogen) atoms. The molecule has 1 aliphatic heterocycles. The Kier molecular flexibility index (Phi) is 5.44. The Balaban J connectivity index is 0.00000112. The first-order valence-corrected chi connectivity index (χ1v) is 3.94. The van der Waals surface area contributed by atoms with Crippen molar-refractivity contribution in [3.63, 3.8) is 0 Å². The Hall–Kier alpha value is -1.10. The summed E-state index contributed by atoms with van der Waals surface area (Å²) >= 11 is 0. The molecule has 1 aromatic rings. The van der Waals surface area contributed by atoms with E-state index in [0.29, 0.717) is 6.67 Å². The maximum Gasteiger partial charge on any atom is 2.00 e. The third kappa shape index (κ3) is 2.95. The Bertz CT molecular complexity index is 386. The van der Waals surface area contributed by atoms with Crippen molar-refractivity contribution in [2.24, 2.45) is 10.4 Å². The molecule has 0 atom stereocenters. The maximum atomic E-state index is 13.2. The molecule has 1 aliphatic rings. The second kappa shape index (κ2) is 5.84. The molecule has 0 aliphatic carbocycles. The van der Waals surface area contributed by atoms with Crippen LogP contribution in [0.3, 0.4) is 0 Å². The molecule has 0 aromatic heterocycles. The fourth-order valence-corrected chi connectivity index (χ4v) is 1.12. The van der Waals surface area contributed by atoms with Crippen LogP contribution in [0, 0.1) is 25.1 Å². The second-order valence-corrected chi connectivity index (χ2v) is 2.89. The number of anilines is 1. The largest absolute Gasteiger partial charge is 2.00 e. The molecule has 1 radical (unpaired) electrons. The van der Waals surface area contributed by atoms with Crippen LogP contribution in [-0.4, -0.2) is 18.7 Å². The van der Waals surface area contributed by atoms with E-state index in [1.165, 1.54) is 10.0 Å². The van der Waals surface area contributed by atoms with Crippen molar-refractivity contribution >= 4 is 5.69 Å². The minimum atomic E-state index is -0.695. The average molecular weight is 315 g/mol.